The number of hydrogen-bond donors (Lipinski definition) is 3. The van der Waals surface area contributed by atoms with Crippen molar-refractivity contribution in [1.82, 2.24) is 15.1 Å². The fraction of sp³-hybridized carbons (Fsp3) is 0.382. The van der Waals surface area contributed by atoms with E-state index in [9.17, 15) is 18.4 Å². The second-order valence-electron chi connectivity index (χ2n) is 12.0. The number of ether oxygens (including phenoxy) is 1. The number of fused-ring (bicyclic) bond motifs is 1. The van der Waals surface area contributed by atoms with Gasteiger partial charge in [-0.25, -0.2) is 8.78 Å². The molecule has 10 heteroatoms. The highest BCUT2D eigenvalue weighted by molar-refractivity contribution is 6.11. The van der Waals surface area contributed by atoms with Crippen molar-refractivity contribution in [3.8, 4) is 0 Å². The highest BCUT2D eigenvalue weighted by Gasteiger charge is 2.23. The van der Waals surface area contributed by atoms with Gasteiger partial charge in [0.05, 0.1) is 11.1 Å². The van der Waals surface area contributed by atoms with Crippen LogP contribution in [0.3, 0.4) is 0 Å². The van der Waals surface area contributed by atoms with Gasteiger partial charge in [0.2, 0.25) is 0 Å². The van der Waals surface area contributed by atoms with Gasteiger partial charge in [0.25, 0.3) is 5.91 Å². The third-order valence-electron chi connectivity index (χ3n) is 8.67. The number of hydrogen-bond acceptors (Lipinski definition) is 6. The lowest BCUT2D eigenvalue weighted by Gasteiger charge is -2.28. The number of aromatic nitrogens is 2. The van der Waals surface area contributed by atoms with Gasteiger partial charge in [0.15, 0.2) is 11.6 Å². The summed E-state index contributed by atoms with van der Waals surface area (Å²) in [5.41, 5.74) is 3.65. The van der Waals surface area contributed by atoms with Crippen LogP contribution in [0.1, 0.15) is 63.9 Å². The van der Waals surface area contributed by atoms with E-state index in [1.807, 2.05) is 18.2 Å². The number of carbonyl (C=O) groups is 2. The Morgan fingerprint density at radius 2 is 1.70 bits per heavy atom. The Hall–Kier alpha value is -4.15. The number of halogens is 2. The van der Waals surface area contributed by atoms with Crippen molar-refractivity contribution in [1.29, 1.82) is 0 Å². The van der Waals surface area contributed by atoms with Crippen molar-refractivity contribution in [3.05, 3.63) is 88.5 Å². The number of rotatable bonds is 9. The first-order chi connectivity index (χ1) is 21.3. The van der Waals surface area contributed by atoms with Crippen LogP contribution >= 0.6 is 0 Å². The minimum Gasteiger partial charge on any atom is -0.381 e. The second-order valence-corrected chi connectivity index (χ2v) is 12.0. The van der Waals surface area contributed by atoms with E-state index in [1.165, 1.54) is 12.1 Å². The molecule has 230 valence electrons. The molecule has 2 aliphatic rings. The fourth-order valence-electron chi connectivity index (χ4n) is 6.13. The van der Waals surface area contributed by atoms with Gasteiger partial charge in [-0.2, -0.15) is 5.10 Å². The molecule has 3 heterocycles. The third kappa shape index (κ3) is 7.14. The van der Waals surface area contributed by atoms with E-state index in [0.29, 0.717) is 71.1 Å². The molecule has 8 nitrogen and oxygen atoms in total. The monoisotopic (exact) mass is 601 g/mol. The maximum atomic E-state index is 13.7. The van der Waals surface area contributed by atoms with Crippen molar-refractivity contribution >= 4 is 34.1 Å². The molecule has 6 rings (SSSR count). The van der Waals surface area contributed by atoms with Crippen LogP contribution < -0.4 is 10.6 Å². The number of ketones is 1. The molecule has 0 bridgehead atoms. The van der Waals surface area contributed by atoms with Gasteiger partial charge in [-0.15, -0.1) is 0 Å². The molecule has 2 aliphatic heterocycles. The summed E-state index contributed by atoms with van der Waals surface area (Å²) < 4.78 is 33.0. The predicted molar refractivity (Wildman–Crippen MR) is 166 cm³/mol. The molecule has 2 fully saturated rings. The Morgan fingerprint density at radius 3 is 2.45 bits per heavy atom. The summed E-state index contributed by atoms with van der Waals surface area (Å²) in [6.45, 7) is 3.27. The average molecular weight is 602 g/mol. The topological polar surface area (TPSA) is 99.4 Å². The van der Waals surface area contributed by atoms with Crippen molar-refractivity contribution in [2.75, 3.05) is 44.0 Å². The lowest BCUT2D eigenvalue weighted by Crippen LogP contribution is -2.31. The number of carbonyl (C=O) groups excluding carboxylic acids is 2. The highest BCUT2D eigenvalue weighted by atomic mass is 19.1. The van der Waals surface area contributed by atoms with E-state index in [0.717, 1.165) is 50.4 Å². The molecule has 1 aromatic heterocycles. The first-order valence-corrected chi connectivity index (χ1v) is 15.2. The molecular weight excluding hydrogens is 564 g/mol. The number of H-pyrrole nitrogens is 1. The van der Waals surface area contributed by atoms with Gasteiger partial charge in [-0.3, -0.25) is 14.7 Å². The Balaban J connectivity index is 1.23. The number of nitrogens with one attached hydrogen (secondary N) is 3. The molecule has 3 N–H and O–H groups in total. The lowest BCUT2D eigenvalue weighted by molar-refractivity contribution is 0.0903. The molecule has 44 heavy (non-hydrogen) atoms. The van der Waals surface area contributed by atoms with Gasteiger partial charge in [0, 0.05) is 48.4 Å². The summed E-state index contributed by atoms with van der Waals surface area (Å²) in [6, 6.07) is 14.4. The van der Waals surface area contributed by atoms with Crippen LogP contribution in [-0.2, 0) is 11.2 Å². The van der Waals surface area contributed by atoms with Crippen LogP contribution in [-0.4, -0.2) is 66.2 Å². The zero-order valence-corrected chi connectivity index (χ0v) is 24.8. The van der Waals surface area contributed by atoms with E-state index in [2.05, 4.69) is 32.8 Å². The molecule has 1 amide bonds. The molecule has 0 saturated carbocycles. The van der Waals surface area contributed by atoms with Crippen LogP contribution in [0.5, 0.6) is 0 Å². The SMILES string of the molecule is CN1CCC(CC(=O)c2ccc(C(=O)Nc3n[nH]c4ccc(Cc5cc(F)cc(F)c5)cc34)c(NC3CCOCC3)c2)CC1. The number of likely N-dealkylation sites (tertiary alicyclic amines) is 1. The number of aromatic amines is 1. The quantitative estimate of drug-likeness (QED) is 0.198. The number of amides is 1. The van der Waals surface area contributed by atoms with Gasteiger partial charge >= 0.3 is 0 Å². The van der Waals surface area contributed by atoms with Crippen molar-refractivity contribution in [2.24, 2.45) is 5.92 Å². The van der Waals surface area contributed by atoms with E-state index in [-0.39, 0.29) is 17.7 Å². The fourth-order valence-corrected chi connectivity index (χ4v) is 6.13. The zero-order chi connectivity index (χ0) is 30.6. The van der Waals surface area contributed by atoms with Gasteiger partial charge < -0.3 is 20.3 Å². The molecule has 0 unspecified atom stereocenters. The van der Waals surface area contributed by atoms with E-state index < -0.39 is 11.6 Å². The summed E-state index contributed by atoms with van der Waals surface area (Å²) in [5, 5.41) is 14.4. The van der Waals surface area contributed by atoms with Gasteiger partial charge in [0.1, 0.15) is 11.6 Å². The number of anilines is 2. The highest BCUT2D eigenvalue weighted by Crippen LogP contribution is 2.28. The maximum Gasteiger partial charge on any atom is 0.258 e. The van der Waals surface area contributed by atoms with Gasteiger partial charge in [-0.1, -0.05) is 12.1 Å². The number of nitrogens with zero attached hydrogens (tertiary/aromatic N) is 2. The summed E-state index contributed by atoms with van der Waals surface area (Å²) in [6.07, 6.45) is 4.44. The van der Waals surface area contributed by atoms with Crippen molar-refractivity contribution < 1.29 is 23.1 Å². The van der Waals surface area contributed by atoms with Crippen molar-refractivity contribution in [2.45, 2.75) is 44.6 Å². The zero-order valence-electron chi connectivity index (χ0n) is 24.8. The molecule has 0 aliphatic carbocycles. The molecular formula is C34H37F2N5O3. The molecule has 2 saturated heterocycles. The minimum absolute atomic E-state index is 0.0885. The first kappa shape index (κ1) is 29.9. The van der Waals surface area contributed by atoms with Crippen LogP contribution in [0.25, 0.3) is 10.9 Å². The second kappa shape index (κ2) is 13.2. The maximum absolute atomic E-state index is 13.7. The average Bonchev–Trinajstić information content (AvgIpc) is 3.40. The van der Waals surface area contributed by atoms with Gasteiger partial charge in [-0.05, 0) is 106 Å². The van der Waals surface area contributed by atoms with Crippen LogP contribution in [0.2, 0.25) is 0 Å². The van der Waals surface area contributed by atoms with E-state index >= 15 is 0 Å². The molecule has 3 aromatic carbocycles. The number of piperidine rings is 1. The largest absolute Gasteiger partial charge is 0.381 e. The summed E-state index contributed by atoms with van der Waals surface area (Å²) >= 11 is 0. The molecule has 0 spiro atoms. The summed E-state index contributed by atoms with van der Waals surface area (Å²) in [4.78, 5) is 29.3. The number of Topliss-reactive ketones (excluding diaryl/α,β-unsaturated/α-hetero) is 1. The standard InChI is InChI=1S/C34H37F2N5O3/c1-41-10-6-21(7-11-41)18-32(42)24-3-4-28(31(19-24)37-27-8-12-44-13-9-27)34(43)38-33-29-17-22(2-5-30(29)39-40-33)14-23-15-25(35)20-26(36)16-23/h2-5,15-17,19-21,27,37H,6-14,18H2,1H3,(H2,38,39,40,43). The summed E-state index contributed by atoms with van der Waals surface area (Å²) in [7, 11) is 2.11. The Kier molecular flexibility index (Phi) is 8.99. The minimum atomic E-state index is -0.628. The first-order valence-electron chi connectivity index (χ1n) is 15.2. The Bertz CT molecular complexity index is 1640. The van der Waals surface area contributed by atoms with Crippen LogP contribution in [0, 0.1) is 17.6 Å². The molecule has 4 aromatic rings. The van der Waals surface area contributed by atoms with E-state index in [4.69, 9.17) is 4.74 Å². The van der Waals surface area contributed by atoms with Crippen molar-refractivity contribution in [3.63, 3.8) is 0 Å². The summed E-state index contributed by atoms with van der Waals surface area (Å²) in [5.74, 6) is -0.817. The molecule has 0 radical (unpaired) electrons. The third-order valence-corrected chi connectivity index (χ3v) is 8.67. The van der Waals surface area contributed by atoms with Crippen LogP contribution in [0.15, 0.2) is 54.6 Å². The van der Waals surface area contributed by atoms with Crippen LogP contribution in [0.4, 0.5) is 20.3 Å². The lowest BCUT2D eigenvalue weighted by atomic mass is 9.89. The smallest absolute Gasteiger partial charge is 0.258 e. The van der Waals surface area contributed by atoms with E-state index in [1.54, 1.807) is 18.2 Å². The normalized spacial score (nSPS) is 16.7. The Morgan fingerprint density at radius 1 is 0.955 bits per heavy atom. The Labute approximate surface area is 255 Å². The number of benzene rings is 3. The predicted octanol–water partition coefficient (Wildman–Crippen LogP) is 6.19. The molecule has 0 atom stereocenters.